The van der Waals surface area contributed by atoms with E-state index in [2.05, 4.69) is 14.9 Å². The molecule has 1 fully saturated rings. The minimum atomic E-state index is -0.583. The van der Waals surface area contributed by atoms with Crippen molar-refractivity contribution in [3.05, 3.63) is 44.7 Å². The molecule has 150 valence electrons. The topological polar surface area (TPSA) is 99.3 Å². The van der Waals surface area contributed by atoms with E-state index >= 15 is 0 Å². The number of benzene rings is 1. The molecule has 1 aromatic carbocycles. The fourth-order valence-corrected chi connectivity index (χ4v) is 4.09. The van der Waals surface area contributed by atoms with E-state index in [0.29, 0.717) is 5.69 Å². The Kier molecular flexibility index (Phi) is 6.58. The van der Waals surface area contributed by atoms with Crippen LogP contribution in [0.5, 0.6) is 0 Å². The van der Waals surface area contributed by atoms with Gasteiger partial charge >= 0.3 is 0 Å². The number of nitro benzene ring substituents is 1. The number of aryl methyl sites for hydroxylation is 1. The summed E-state index contributed by atoms with van der Waals surface area (Å²) in [4.78, 5) is 27.3. The fraction of sp³-hybridized carbons (Fsp3) is 0.444. The van der Waals surface area contributed by atoms with Crippen LogP contribution in [0.3, 0.4) is 0 Å². The first-order chi connectivity index (χ1) is 13.3. The molecule has 28 heavy (non-hydrogen) atoms. The minimum Gasteiger partial charge on any atom is -0.376 e. The van der Waals surface area contributed by atoms with Crippen LogP contribution in [0, 0.1) is 24.0 Å². The van der Waals surface area contributed by atoms with Crippen LogP contribution in [0.4, 0.5) is 11.4 Å². The number of anilines is 1. The van der Waals surface area contributed by atoms with Gasteiger partial charge in [-0.1, -0.05) is 23.4 Å². The molecule has 1 aromatic heterocycles. The van der Waals surface area contributed by atoms with Crippen molar-refractivity contribution in [2.24, 2.45) is 0 Å². The lowest BCUT2D eigenvalue weighted by Crippen LogP contribution is -2.18. The second kappa shape index (κ2) is 8.93. The van der Waals surface area contributed by atoms with Gasteiger partial charge in [0.2, 0.25) is 5.91 Å². The van der Waals surface area contributed by atoms with E-state index in [1.807, 2.05) is 13.8 Å². The number of nitro groups is 1. The number of thioether (sulfide) groups is 1. The maximum Gasteiger partial charge on any atom is 0.289 e. The molecule has 1 saturated heterocycles. The molecule has 3 rings (SSSR count). The van der Waals surface area contributed by atoms with Gasteiger partial charge in [-0.25, -0.2) is 4.98 Å². The zero-order valence-corrected chi connectivity index (χ0v) is 17.2. The van der Waals surface area contributed by atoms with E-state index in [-0.39, 0.29) is 28.5 Å². The zero-order chi connectivity index (χ0) is 20.3. The number of carbonyl (C=O) groups is 1. The minimum absolute atomic E-state index is 0.0273. The Morgan fingerprint density at radius 1 is 1.50 bits per heavy atom. The highest BCUT2D eigenvalue weighted by Crippen LogP contribution is 2.28. The molecule has 1 unspecified atom stereocenters. The number of rotatable bonds is 7. The lowest BCUT2D eigenvalue weighted by molar-refractivity contribution is -0.384. The van der Waals surface area contributed by atoms with Crippen LogP contribution in [-0.4, -0.2) is 38.8 Å². The maximum atomic E-state index is 12.3. The number of nitrogens with one attached hydrogen (secondary N) is 1. The van der Waals surface area contributed by atoms with Gasteiger partial charge in [0, 0.05) is 24.1 Å². The summed E-state index contributed by atoms with van der Waals surface area (Å²) in [6.45, 7) is 5.46. The smallest absolute Gasteiger partial charge is 0.289 e. The van der Waals surface area contributed by atoms with Gasteiger partial charge in [-0.3, -0.25) is 14.9 Å². The number of halogens is 1. The van der Waals surface area contributed by atoms with Gasteiger partial charge in [0.25, 0.3) is 5.69 Å². The van der Waals surface area contributed by atoms with Gasteiger partial charge < -0.3 is 14.6 Å². The van der Waals surface area contributed by atoms with Crippen LogP contribution in [-0.2, 0) is 16.1 Å². The Hall–Kier alpha value is -2.10. The molecule has 1 aliphatic rings. The van der Waals surface area contributed by atoms with Crippen LogP contribution in [0.15, 0.2) is 23.4 Å². The molecule has 0 bridgehead atoms. The molecule has 0 spiro atoms. The summed E-state index contributed by atoms with van der Waals surface area (Å²) >= 11 is 7.12. The monoisotopic (exact) mass is 424 g/mol. The van der Waals surface area contributed by atoms with Crippen molar-refractivity contribution in [3.63, 3.8) is 0 Å². The predicted octanol–water partition coefficient (Wildman–Crippen LogP) is 3.97. The summed E-state index contributed by atoms with van der Waals surface area (Å²) in [5.74, 6) is -0.138. The second-order valence-corrected chi connectivity index (χ2v) is 7.92. The SMILES string of the molecule is Cc1nc(SCC(=O)Nc2ccc(Cl)c([N+](=O)[O-])c2)n(CC2CCCO2)c1C. The van der Waals surface area contributed by atoms with Crippen LogP contribution >= 0.6 is 23.4 Å². The van der Waals surface area contributed by atoms with Gasteiger partial charge in [0.05, 0.1) is 29.0 Å². The van der Waals surface area contributed by atoms with Crippen LogP contribution < -0.4 is 5.32 Å². The lowest BCUT2D eigenvalue weighted by Gasteiger charge is -2.14. The molecular formula is C18H21ClN4O4S. The van der Waals surface area contributed by atoms with Crippen molar-refractivity contribution in [2.75, 3.05) is 17.7 Å². The van der Waals surface area contributed by atoms with E-state index in [0.717, 1.165) is 42.5 Å². The van der Waals surface area contributed by atoms with E-state index in [1.54, 1.807) is 0 Å². The van der Waals surface area contributed by atoms with Crippen LogP contribution in [0.25, 0.3) is 0 Å². The molecule has 0 saturated carbocycles. The third-order valence-corrected chi connectivity index (χ3v) is 5.89. The van der Waals surface area contributed by atoms with E-state index in [9.17, 15) is 14.9 Å². The Labute approximate surface area is 171 Å². The Balaban J connectivity index is 1.64. The molecule has 1 N–H and O–H groups in total. The molecule has 0 aliphatic carbocycles. The molecule has 8 nitrogen and oxygen atoms in total. The van der Waals surface area contributed by atoms with E-state index in [4.69, 9.17) is 16.3 Å². The number of amides is 1. The largest absolute Gasteiger partial charge is 0.376 e. The quantitative estimate of drug-likeness (QED) is 0.410. The van der Waals surface area contributed by atoms with Crippen molar-refractivity contribution in [2.45, 2.75) is 44.5 Å². The van der Waals surface area contributed by atoms with Gasteiger partial charge in [0.1, 0.15) is 5.02 Å². The summed E-state index contributed by atoms with van der Waals surface area (Å²) < 4.78 is 7.81. The first-order valence-electron chi connectivity index (χ1n) is 8.87. The maximum absolute atomic E-state index is 12.3. The Morgan fingerprint density at radius 2 is 2.29 bits per heavy atom. The molecule has 2 aromatic rings. The first-order valence-corrected chi connectivity index (χ1v) is 10.2. The van der Waals surface area contributed by atoms with Gasteiger partial charge in [0.15, 0.2) is 5.16 Å². The lowest BCUT2D eigenvalue weighted by atomic mass is 10.2. The number of hydrogen-bond donors (Lipinski definition) is 1. The number of imidazole rings is 1. The van der Waals surface area contributed by atoms with Crippen LogP contribution in [0.2, 0.25) is 5.02 Å². The van der Waals surface area contributed by atoms with Gasteiger partial charge in [-0.05, 0) is 38.8 Å². The van der Waals surface area contributed by atoms with Gasteiger partial charge in [-0.15, -0.1) is 0 Å². The van der Waals surface area contributed by atoms with E-state index < -0.39 is 4.92 Å². The summed E-state index contributed by atoms with van der Waals surface area (Å²) in [5, 5.41) is 14.4. The molecule has 1 atom stereocenters. The van der Waals surface area contributed by atoms with Crippen molar-refractivity contribution in [1.82, 2.24) is 9.55 Å². The third kappa shape index (κ3) is 4.84. The molecule has 10 heteroatoms. The first kappa shape index (κ1) is 20.6. The average molecular weight is 425 g/mol. The highest BCUT2D eigenvalue weighted by molar-refractivity contribution is 7.99. The zero-order valence-electron chi connectivity index (χ0n) is 15.6. The summed E-state index contributed by atoms with van der Waals surface area (Å²) in [6.07, 6.45) is 2.27. The van der Waals surface area contributed by atoms with Crippen molar-refractivity contribution in [3.8, 4) is 0 Å². The Bertz CT molecular complexity index is 896. The van der Waals surface area contributed by atoms with Crippen molar-refractivity contribution >= 4 is 40.6 Å². The normalized spacial score (nSPS) is 16.3. The summed E-state index contributed by atoms with van der Waals surface area (Å²) in [5.41, 5.74) is 2.07. The standard InChI is InChI=1S/C18H21ClN4O4S/c1-11-12(2)22(9-14-4-3-7-27-14)18(20-11)28-10-17(24)21-13-5-6-15(19)16(8-13)23(25)26/h5-6,8,14H,3-4,7,9-10H2,1-2H3,(H,21,24). The summed E-state index contributed by atoms with van der Waals surface area (Å²) in [7, 11) is 0. The molecule has 1 amide bonds. The molecule has 0 radical (unpaired) electrons. The van der Waals surface area contributed by atoms with Gasteiger partial charge in [-0.2, -0.15) is 0 Å². The number of nitrogens with zero attached hydrogens (tertiary/aromatic N) is 3. The van der Waals surface area contributed by atoms with Crippen LogP contribution in [0.1, 0.15) is 24.2 Å². The number of ether oxygens (including phenoxy) is 1. The molecular weight excluding hydrogens is 404 g/mol. The number of aromatic nitrogens is 2. The highest BCUT2D eigenvalue weighted by Gasteiger charge is 2.21. The number of hydrogen-bond acceptors (Lipinski definition) is 6. The van der Waals surface area contributed by atoms with E-state index in [1.165, 1.54) is 30.0 Å². The molecule has 1 aliphatic heterocycles. The predicted molar refractivity (Wildman–Crippen MR) is 108 cm³/mol. The summed E-state index contributed by atoms with van der Waals surface area (Å²) in [6, 6.07) is 4.17. The highest BCUT2D eigenvalue weighted by atomic mass is 35.5. The van der Waals surface area contributed by atoms with Crippen molar-refractivity contribution in [1.29, 1.82) is 0 Å². The average Bonchev–Trinajstić information content (AvgIpc) is 3.25. The second-order valence-electron chi connectivity index (χ2n) is 6.57. The molecule has 2 heterocycles. The fourth-order valence-electron chi connectivity index (χ4n) is 3.00. The number of carbonyl (C=O) groups excluding carboxylic acids is 1. The Morgan fingerprint density at radius 3 is 2.96 bits per heavy atom. The third-order valence-electron chi connectivity index (χ3n) is 4.59. The van der Waals surface area contributed by atoms with Crippen molar-refractivity contribution < 1.29 is 14.5 Å².